The molecule has 0 radical (unpaired) electrons. The summed E-state index contributed by atoms with van der Waals surface area (Å²) in [6, 6.07) is 14.3. The Kier molecular flexibility index (Phi) is 3.82. The third kappa shape index (κ3) is 3.29. The minimum Gasteiger partial charge on any atom is -0.439 e. The van der Waals surface area contributed by atoms with E-state index in [1.807, 2.05) is 30.3 Å². The number of rotatable bonds is 4. The number of nitrogens with zero attached hydrogens (tertiary/aromatic N) is 2. The van der Waals surface area contributed by atoms with Crippen molar-refractivity contribution in [3.05, 3.63) is 66.2 Å². The Labute approximate surface area is 126 Å². The lowest BCUT2D eigenvalue weighted by molar-refractivity contribution is 0.0988. The minimum absolute atomic E-state index is 0.155. The molecular formula is C16H13N3O3. The molecule has 0 aliphatic heterocycles. The number of anilines is 1. The number of hydrogen-bond donors (Lipinski definition) is 1. The number of pyridine rings is 1. The third-order valence-electron chi connectivity index (χ3n) is 2.81. The zero-order chi connectivity index (χ0) is 15.4. The van der Waals surface area contributed by atoms with Gasteiger partial charge in [0.1, 0.15) is 5.75 Å². The highest BCUT2D eigenvalue weighted by atomic mass is 16.5. The Balaban J connectivity index is 1.65. The number of nitrogens with one attached hydrogen (secondary N) is 1. The maximum Gasteiger partial charge on any atom is 0.294 e. The molecule has 2 heterocycles. The summed E-state index contributed by atoms with van der Waals surface area (Å²) in [5, 5.41) is 6.34. The normalized spacial score (nSPS) is 10.2. The van der Waals surface area contributed by atoms with Gasteiger partial charge >= 0.3 is 0 Å². The predicted molar refractivity (Wildman–Crippen MR) is 79.9 cm³/mol. The van der Waals surface area contributed by atoms with Gasteiger partial charge in [0, 0.05) is 12.1 Å². The molecule has 6 heteroatoms. The summed E-state index contributed by atoms with van der Waals surface area (Å²) in [5.74, 6) is 0.921. The lowest BCUT2D eigenvalue weighted by Gasteiger charge is -2.06. The van der Waals surface area contributed by atoms with Crippen molar-refractivity contribution in [2.24, 2.45) is 0 Å². The number of aryl methyl sites for hydroxylation is 1. The lowest BCUT2D eigenvalue weighted by atomic mass is 10.3. The van der Waals surface area contributed by atoms with Crippen LogP contribution in [0.25, 0.3) is 0 Å². The summed E-state index contributed by atoms with van der Waals surface area (Å²) in [5.41, 5.74) is 1.19. The summed E-state index contributed by atoms with van der Waals surface area (Å²) in [6.07, 6.45) is 1.51. The second-order valence-corrected chi connectivity index (χ2v) is 4.59. The molecule has 0 atom stereocenters. The van der Waals surface area contributed by atoms with Gasteiger partial charge in [0.05, 0.1) is 17.6 Å². The molecule has 3 rings (SSSR count). The molecule has 3 aromatic rings. The number of benzene rings is 1. The van der Waals surface area contributed by atoms with E-state index in [-0.39, 0.29) is 11.7 Å². The Morgan fingerprint density at radius 3 is 2.64 bits per heavy atom. The van der Waals surface area contributed by atoms with Crippen molar-refractivity contribution in [1.29, 1.82) is 0 Å². The monoisotopic (exact) mass is 295 g/mol. The molecule has 0 saturated heterocycles. The fourth-order valence-electron chi connectivity index (χ4n) is 1.79. The van der Waals surface area contributed by atoms with E-state index in [0.717, 1.165) is 0 Å². The average Bonchev–Trinajstić information content (AvgIpc) is 2.97. The molecule has 1 amide bonds. The van der Waals surface area contributed by atoms with Crippen molar-refractivity contribution < 1.29 is 14.1 Å². The maximum atomic E-state index is 11.9. The number of aromatic nitrogens is 2. The van der Waals surface area contributed by atoms with Gasteiger partial charge in [0.25, 0.3) is 5.91 Å². The highest BCUT2D eigenvalue weighted by molar-refractivity contribution is 6.02. The van der Waals surface area contributed by atoms with Crippen LogP contribution < -0.4 is 10.1 Å². The van der Waals surface area contributed by atoms with Gasteiger partial charge in [0.2, 0.25) is 11.6 Å². The van der Waals surface area contributed by atoms with Crippen LogP contribution in [0, 0.1) is 6.92 Å². The van der Waals surface area contributed by atoms with Crippen LogP contribution >= 0.6 is 0 Å². The van der Waals surface area contributed by atoms with Crippen molar-refractivity contribution in [2.75, 3.05) is 5.32 Å². The molecule has 0 unspecified atom stereocenters. The number of hydrogen-bond acceptors (Lipinski definition) is 5. The van der Waals surface area contributed by atoms with Crippen molar-refractivity contribution in [3.63, 3.8) is 0 Å². The molecule has 0 spiro atoms. The van der Waals surface area contributed by atoms with Crippen LogP contribution in [-0.2, 0) is 0 Å². The second-order valence-electron chi connectivity index (χ2n) is 4.59. The van der Waals surface area contributed by atoms with E-state index >= 15 is 0 Å². The molecule has 1 aromatic carbocycles. The molecule has 0 saturated carbocycles. The largest absolute Gasteiger partial charge is 0.439 e. The van der Waals surface area contributed by atoms with E-state index in [4.69, 9.17) is 9.26 Å². The smallest absolute Gasteiger partial charge is 0.294 e. The first-order chi connectivity index (χ1) is 10.7. The highest BCUT2D eigenvalue weighted by Crippen LogP contribution is 2.20. The first-order valence-corrected chi connectivity index (χ1v) is 6.64. The molecule has 0 aliphatic rings. The van der Waals surface area contributed by atoms with Gasteiger partial charge in [-0.15, -0.1) is 0 Å². The van der Waals surface area contributed by atoms with E-state index < -0.39 is 0 Å². The predicted octanol–water partition coefficient (Wildman–Crippen LogP) is 3.42. The molecule has 110 valence electrons. The SMILES string of the molecule is Cc1cc(C(=O)Nc2ccc(Oc3ccccc3)nc2)on1. The van der Waals surface area contributed by atoms with E-state index in [1.165, 1.54) is 6.20 Å². The molecule has 22 heavy (non-hydrogen) atoms. The summed E-state index contributed by atoms with van der Waals surface area (Å²) in [7, 11) is 0. The lowest BCUT2D eigenvalue weighted by Crippen LogP contribution is -2.11. The Hall–Kier alpha value is -3.15. The molecular weight excluding hydrogens is 282 g/mol. The quantitative estimate of drug-likeness (QED) is 0.798. The van der Waals surface area contributed by atoms with Crippen LogP contribution in [0.15, 0.2) is 59.3 Å². The molecule has 0 fully saturated rings. The molecule has 1 N–H and O–H groups in total. The number of carbonyl (C=O) groups excluding carboxylic acids is 1. The zero-order valence-corrected chi connectivity index (χ0v) is 11.8. The number of carbonyl (C=O) groups is 1. The topological polar surface area (TPSA) is 77.2 Å². The maximum absolute atomic E-state index is 11.9. The van der Waals surface area contributed by atoms with Gasteiger partial charge in [-0.1, -0.05) is 23.4 Å². The van der Waals surface area contributed by atoms with Crippen molar-refractivity contribution >= 4 is 11.6 Å². The standard InChI is InChI=1S/C16H13N3O3/c1-11-9-14(22-19-11)16(20)18-12-7-8-15(17-10-12)21-13-5-3-2-4-6-13/h2-10H,1H3,(H,18,20). The van der Waals surface area contributed by atoms with Crippen LogP contribution in [0.3, 0.4) is 0 Å². The molecule has 0 aliphatic carbocycles. The Morgan fingerprint density at radius 1 is 1.18 bits per heavy atom. The number of amides is 1. The molecule has 2 aromatic heterocycles. The average molecular weight is 295 g/mol. The van der Waals surface area contributed by atoms with E-state index in [2.05, 4.69) is 15.5 Å². The summed E-state index contributed by atoms with van der Waals surface area (Å²) < 4.78 is 10.5. The van der Waals surface area contributed by atoms with E-state index in [0.29, 0.717) is 23.0 Å². The first-order valence-electron chi connectivity index (χ1n) is 6.64. The van der Waals surface area contributed by atoms with Gasteiger partial charge in [-0.3, -0.25) is 4.79 Å². The van der Waals surface area contributed by atoms with Crippen LogP contribution in [-0.4, -0.2) is 16.0 Å². The van der Waals surface area contributed by atoms with Gasteiger partial charge < -0.3 is 14.6 Å². The Bertz CT molecular complexity index is 767. The second kappa shape index (κ2) is 6.09. The van der Waals surface area contributed by atoms with Crippen molar-refractivity contribution in [2.45, 2.75) is 6.92 Å². The van der Waals surface area contributed by atoms with Crippen LogP contribution in [0.4, 0.5) is 5.69 Å². The van der Waals surface area contributed by atoms with Gasteiger partial charge in [-0.2, -0.15) is 0 Å². The summed E-state index contributed by atoms with van der Waals surface area (Å²) in [4.78, 5) is 16.0. The number of para-hydroxylation sites is 1. The van der Waals surface area contributed by atoms with Gasteiger partial charge in [0.15, 0.2) is 0 Å². The highest BCUT2D eigenvalue weighted by Gasteiger charge is 2.11. The van der Waals surface area contributed by atoms with Crippen LogP contribution in [0.2, 0.25) is 0 Å². The number of ether oxygens (including phenoxy) is 1. The summed E-state index contributed by atoms with van der Waals surface area (Å²) in [6.45, 7) is 1.75. The van der Waals surface area contributed by atoms with E-state index in [9.17, 15) is 4.79 Å². The third-order valence-corrected chi connectivity index (χ3v) is 2.81. The fraction of sp³-hybridized carbons (Fsp3) is 0.0625. The zero-order valence-electron chi connectivity index (χ0n) is 11.8. The van der Waals surface area contributed by atoms with Crippen LogP contribution in [0.1, 0.15) is 16.2 Å². The molecule has 6 nitrogen and oxygen atoms in total. The first kappa shape index (κ1) is 13.8. The van der Waals surface area contributed by atoms with Crippen molar-refractivity contribution in [1.82, 2.24) is 10.1 Å². The van der Waals surface area contributed by atoms with Crippen molar-refractivity contribution in [3.8, 4) is 11.6 Å². The fourth-order valence-corrected chi connectivity index (χ4v) is 1.79. The minimum atomic E-state index is -0.376. The summed E-state index contributed by atoms with van der Waals surface area (Å²) >= 11 is 0. The van der Waals surface area contributed by atoms with Crippen LogP contribution in [0.5, 0.6) is 11.6 Å². The Morgan fingerprint density at radius 2 is 2.00 bits per heavy atom. The molecule has 0 bridgehead atoms. The van der Waals surface area contributed by atoms with Gasteiger partial charge in [-0.25, -0.2) is 4.98 Å². The van der Waals surface area contributed by atoms with Gasteiger partial charge in [-0.05, 0) is 25.1 Å². The van der Waals surface area contributed by atoms with E-state index in [1.54, 1.807) is 25.1 Å².